The van der Waals surface area contributed by atoms with Crippen LogP contribution in [0.15, 0.2) is 47.2 Å². The Balaban J connectivity index is 1.93. The Morgan fingerprint density at radius 3 is 2.64 bits per heavy atom. The number of furan rings is 1. The quantitative estimate of drug-likeness (QED) is 0.309. The maximum Gasteiger partial charge on any atom is 0.454 e. The highest BCUT2D eigenvalue weighted by atomic mass is 19.4. The van der Waals surface area contributed by atoms with Crippen molar-refractivity contribution in [1.29, 1.82) is 0 Å². The number of ether oxygens (including phenoxy) is 1. The molecule has 0 aliphatic carbocycles. The molecule has 0 fully saturated rings. The lowest BCUT2D eigenvalue weighted by atomic mass is 9.67. The van der Waals surface area contributed by atoms with Gasteiger partial charge in [0, 0.05) is 23.9 Å². The van der Waals surface area contributed by atoms with E-state index in [2.05, 4.69) is 5.92 Å². The summed E-state index contributed by atoms with van der Waals surface area (Å²) in [5.74, 6) is -1.60. The van der Waals surface area contributed by atoms with Crippen molar-refractivity contribution in [2.45, 2.75) is 32.0 Å². The predicted molar refractivity (Wildman–Crippen MR) is 111 cm³/mol. The van der Waals surface area contributed by atoms with Gasteiger partial charge in [-0.2, -0.15) is 13.2 Å². The second-order valence-corrected chi connectivity index (χ2v) is 7.73. The molecule has 1 aliphatic rings. The Kier molecular flexibility index (Phi) is 5.40. The van der Waals surface area contributed by atoms with Crippen LogP contribution in [0.1, 0.15) is 45.7 Å². The van der Waals surface area contributed by atoms with Crippen LogP contribution in [0.5, 0.6) is 0 Å². The number of aromatic nitrogens is 1. The van der Waals surface area contributed by atoms with Gasteiger partial charge in [0.15, 0.2) is 17.0 Å². The number of para-hydroxylation sites is 1. The number of alkyl halides is 3. The fourth-order valence-electron chi connectivity index (χ4n) is 4.45. The topological polar surface area (TPSA) is 78.5 Å². The van der Waals surface area contributed by atoms with Crippen LogP contribution in [0.4, 0.5) is 13.2 Å². The lowest BCUT2D eigenvalue weighted by molar-refractivity contribution is -0.154. The first-order chi connectivity index (χ1) is 15.6. The highest BCUT2D eigenvalue weighted by Crippen LogP contribution is 2.49. The molecule has 2 unspecified atom stereocenters. The number of Topliss-reactive ketones (excluding diaryl/α,β-unsaturated/α-hetero) is 2. The van der Waals surface area contributed by atoms with Crippen molar-refractivity contribution in [2.24, 2.45) is 5.41 Å². The average molecular weight is 457 g/mol. The van der Waals surface area contributed by atoms with Gasteiger partial charge < -0.3 is 13.7 Å². The molecule has 3 heterocycles. The summed E-state index contributed by atoms with van der Waals surface area (Å²) in [5.41, 5.74) is -1.53. The van der Waals surface area contributed by atoms with E-state index in [9.17, 15) is 27.6 Å². The average Bonchev–Trinajstić information content (AvgIpc) is 3.43. The number of rotatable bonds is 6. The van der Waals surface area contributed by atoms with E-state index in [0.29, 0.717) is 11.1 Å². The minimum Gasteiger partial charge on any atom is -0.465 e. The molecule has 0 spiro atoms. The Morgan fingerprint density at radius 2 is 2.03 bits per heavy atom. The minimum atomic E-state index is -5.08. The molecule has 0 amide bonds. The van der Waals surface area contributed by atoms with Crippen LogP contribution < -0.4 is 0 Å². The smallest absolute Gasteiger partial charge is 0.454 e. The normalized spacial score (nSPS) is 19.8. The number of nitrogens with zero attached hydrogens (tertiary/aromatic N) is 1. The van der Waals surface area contributed by atoms with E-state index < -0.39 is 40.6 Å². The van der Waals surface area contributed by atoms with Gasteiger partial charge in [0.25, 0.3) is 5.78 Å². The number of carbonyl (C=O) groups is 3. The van der Waals surface area contributed by atoms with E-state index in [1.165, 1.54) is 35.1 Å². The summed E-state index contributed by atoms with van der Waals surface area (Å²) < 4.78 is 51.4. The Labute approximate surface area is 186 Å². The molecule has 0 bridgehead atoms. The second kappa shape index (κ2) is 7.96. The third kappa shape index (κ3) is 3.52. The predicted octanol–water partition coefficient (Wildman–Crippen LogP) is 4.53. The van der Waals surface area contributed by atoms with Gasteiger partial charge in [-0.15, -0.1) is 6.42 Å². The highest BCUT2D eigenvalue weighted by Gasteiger charge is 2.52. The van der Waals surface area contributed by atoms with Gasteiger partial charge in [-0.25, -0.2) is 0 Å². The Hall–Kier alpha value is -3.80. The summed E-state index contributed by atoms with van der Waals surface area (Å²) in [4.78, 5) is 38.1. The van der Waals surface area contributed by atoms with Crippen LogP contribution in [0.25, 0.3) is 10.9 Å². The van der Waals surface area contributed by atoms with E-state index in [1.807, 2.05) is 0 Å². The standard InChI is InChI=1S/C24H18F3NO5/c1-3-23(22(31)32-4-2)13-28-12-16(21(30)24(25,26)27)14-7-5-8-15(20(14)28)17(23)11-18(29)19-9-6-10-33-19/h1,5-10,12,17H,4,11,13H2,2H3. The molecule has 170 valence electrons. The van der Waals surface area contributed by atoms with Crippen molar-refractivity contribution in [2.75, 3.05) is 6.61 Å². The first-order valence-corrected chi connectivity index (χ1v) is 10.1. The van der Waals surface area contributed by atoms with E-state index in [1.54, 1.807) is 13.0 Å². The largest absolute Gasteiger partial charge is 0.465 e. The number of hydrogen-bond donors (Lipinski definition) is 0. The zero-order chi connectivity index (χ0) is 24.0. The van der Waals surface area contributed by atoms with Crippen molar-refractivity contribution >= 4 is 28.4 Å². The van der Waals surface area contributed by atoms with E-state index in [4.69, 9.17) is 15.6 Å². The molecule has 0 saturated carbocycles. The number of terminal acetylenes is 1. The first-order valence-electron chi connectivity index (χ1n) is 10.1. The lowest BCUT2D eigenvalue weighted by Gasteiger charge is -2.39. The molecule has 4 rings (SSSR count). The van der Waals surface area contributed by atoms with Crippen LogP contribution in [0.3, 0.4) is 0 Å². The molecule has 1 aromatic carbocycles. The molecule has 2 atom stereocenters. The Morgan fingerprint density at radius 1 is 1.27 bits per heavy atom. The molecule has 6 nitrogen and oxygen atoms in total. The lowest BCUT2D eigenvalue weighted by Crippen LogP contribution is -2.44. The Bertz CT molecular complexity index is 1300. The number of carbonyl (C=O) groups excluding carboxylic acids is 3. The molecule has 0 saturated heterocycles. The van der Waals surface area contributed by atoms with Gasteiger partial charge in [-0.3, -0.25) is 14.4 Å². The van der Waals surface area contributed by atoms with Crippen molar-refractivity contribution in [3.05, 3.63) is 59.7 Å². The molecule has 3 aromatic rings. The van der Waals surface area contributed by atoms with Gasteiger partial charge in [-0.1, -0.05) is 24.1 Å². The molecule has 2 aromatic heterocycles. The van der Waals surface area contributed by atoms with E-state index in [-0.39, 0.29) is 30.7 Å². The van der Waals surface area contributed by atoms with Gasteiger partial charge in [0.1, 0.15) is 0 Å². The van der Waals surface area contributed by atoms with Crippen LogP contribution in [-0.2, 0) is 16.1 Å². The van der Waals surface area contributed by atoms with Crippen molar-refractivity contribution < 1.29 is 36.7 Å². The van der Waals surface area contributed by atoms with Crippen molar-refractivity contribution in [3.63, 3.8) is 0 Å². The SMILES string of the molecule is C#CC1(C(=O)OCC)Cn2cc(C(=O)C(F)(F)F)c3cccc(c32)C1CC(=O)c1ccco1. The van der Waals surface area contributed by atoms with E-state index in [0.717, 1.165) is 6.20 Å². The number of hydrogen-bond acceptors (Lipinski definition) is 5. The summed E-state index contributed by atoms with van der Waals surface area (Å²) >= 11 is 0. The molecule has 1 aliphatic heterocycles. The maximum absolute atomic E-state index is 13.2. The number of halogens is 3. The summed E-state index contributed by atoms with van der Waals surface area (Å²) in [7, 11) is 0. The van der Waals surface area contributed by atoms with Crippen molar-refractivity contribution in [1.82, 2.24) is 4.57 Å². The molecular weight excluding hydrogens is 439 g/mol. The van der Waals surface area contributed by atoms with Gasteiger partial charge in [0.05, 0.1) is 30.5 Å². The monoisotopic (exact) mass is 457 g/mol. The summed E-state index contributed by atoms with van der Waals surface area (Å²) in [5, 5.41) is 0.0692. The van der Waals surface area contributed by atoms with E-state index >= 15 is 0 Å². The number of esters is 1. The van der Waals surface area contributed by atoms with Gasteiger partial charge >= 0.3 is 12.1 Å². The molecule has 0 radical (unpaired) electrons. The molecular formula is C24H18F3NO5. The van der Waals surface area contributed by atoms with Gasteiger partial charge in [0.2, 0.25) is 0 Å². The number of ketones is 2. The maximum atomic E-state index is 13.2. The first kappa shape index (κ1) is 22.4. The summed E-state index contributed by atoms with van der Waals surface area (Å²) in [6.07, 6.45) is 2.88. The highest BCUT2D eigenvalue weighted by molar-refractivity contribution is 6.11. The van der Waals surface area contributed by atoms with Crippen molar-refractivity contribution in [3.8, 4) is 12.3 Å². The van der Waals surface area contributed by atoms with Crippen LogP contribution >= 0.6 is 0 Å². The zero-order valence-corrected chi connectivity index (χ0v) is 17.4. The third-order valence-electron chi connectivity index (χ3n) is 5.90. The molecule has 33 heavy (non-hydrogen) atoms. The van der Waals surface area contributed by atoms with Gasteiger partial charge in [-0.05, 0) is 24.6 Å². The summed E-state index contributed by atoms with van der Waals surface area (Å²) in [6.45, 7) is 1.36. The van der Waals surface area contributed by atoms with Crippen LogP contribution in [0, 0.1) is 17.8 Å². The zero-order valence-electron chi connectivity index (χ0n) is 17.4. The third-order valence-corrected chi connectivity index (χ3v) is 5.90. The summed E-state index contributed by atoms with van der Waals surface area (Å²) in [6, 6.07) is 7.46. The van der Waals surface area contributed by atoms with Crippen LogP contribution in [0.2, 0.25) is 0 Å². The molecule has 9 heteroatoms. The second-order valence-electron chi connectivity index (χ2n) is 7.73. The minimum absolute atomic E-state index is 0.0155. The fraction of sp³-hybridized carbons (Fsp3) is 0.292. The number of benzene rings is 1. The van der Waals surface area contributed by atoms with Crippen LogP contribution in [-0.4, -0.2) is 34.9 Å². The fourth-order valence-corrected chi connectivity index (χ4v) is 4.45. The molecule has 0 N–H and O–H groups in total.